The molecule has 1 unspecified atom stereocenters. The summed E-state index contributed by atoms with van der Waals surface area (Å²) >= 11 is 0. The standard InChI is InChI=1S/C13H24N2O3/c1-9(2)7-11(14)13(18)15-5-3-10(4-6-15)8-12(16)17/h9-11H,3-8,14H2,1-2H3,(H,16,17). The van der Waals surface area contributed by atoms with Crippen molar-refractivity contribution >= 4 is 11.9 Å². The van der Waals surface area contributed by atoms with E-state index in [9.17, 15) is 9.59 Å². The van der Waals surface area contributed by atoms with Crippen molar-refractivity contribution in [2.24, 2.45) is 17.6 Å². The number of amides is 1. The average Bonchev–Trinajstić information content (AvgIpc) is 2.27. The van der Waals surface area contributed by atoms with Gasteiger partial charge in [-0.1, -0.05) is 13.8 Å². The quantitative estimate of drug-likeness (QED) is 0.770. The fourth-order valence-electron chi connectivity index (χ4n) is 2.45. The summed E-state index contributed by atoms with van der Waals surface area (Å²) in [7, 11) is 0. The van der Waals surface area contributed by atoms with E-state index in [1.807, 2.05) is 13.8 Å². The minimum absolute atomic E-state index is 0.0116. The first-order valence-corrected chi connectivity index (χ1v) is 6.66. The number of carboxylic acid groups (broad SMARTS) is 1. The Morgan fingerprint density at radius 1 is 1.33 bits per heavy atom. The Labute approximate surface area is 108 Å². The Kier molecular flexibility index (Phi) is 5.59. The number of hydrogen-bond acceptors (Lipinski definition) is 3. The molecule has 0 aromatic carbocycles. The Hall–Kier alpha value is -1.10. The van der Waals surface area contributed by atoms with Gasteiger partial charge < -0.3 is 15.7 Å². The van der Waals surface area contributed by atoms with Crippen LogP contribution in [0.3, 0.4) is 0 Å². The SMILES string of the molecule is CC(C)CC(N)C(=O)N1CCC(CC(=O)O)CC1. The van der Waals surface area contributed by atoms with Crippen molar-refractivity contribution in [1.29, 1.82) is 0 Å². The highest BCUT2D eigenvalue weighted by atomic mass is 16.4. The van der Waals surface area contributed by atoms with Gasteiger partial charge in [0, 0.05) is 19.5 Å². The van der Waals surface area contributed by atoms with Gasteiger partial charge in [-0.3, -0.25) is 9.59 Å². The predicted octanol–water partition coefficient (Wildman–Crippen LogP) is 1.07. The third-order valence-corrected chi connectivity index (χ3v) is 3.43. The van der Waals surface area contributed by atoms with Crippen LogP contribution in [0.25, 0.3) is 0 Å². The van der Waals surface area contributed by atoms with E-state index < -0.39 is 12.0 Å². The van der Waals surface area contributed by atoms with Crippen molar-refractivity contribution in [3.8, 4) is 0 Å². The number of carbonyl (C=O) groups is 2. The molecule has 104 valence electrons. The molecule has 0 radical (unpaired) electrons. The molecule has 0 aromatic heterocycles. The van der Waals surface area contributed by atoms with Gasteiger partial charge in [0.15, 0.2) is 0 Å². The molecule has 0 aromatic rings. The molecular formula is C13H24N2O3. The van der Waals surface area contributed by atoms with Gasteiger partial charge >= 0.3 is 5.97 Å². The molecule has 1 saturated heterocycles. The molecule has 1 aliphatic heterocycles. The molecule has 0 spiro atoms. The lowest BCUT2D eigenvalue weighted by molar-refractivity contribution is -0.139. The van der Waals surface area contributed by atoms with Crippen LogP contribution in [0.2, 0.25) is 0 Å². The highest BCUT2D eigenvalue weighted by Gasteiger charge is 2.27. The molecule has 5 nitrogen and oxygen atoms in total. The van der Waals surface area contributed by atoms with Crippen LogP contribution in [-0.4, -0.2) is 41.0 Å². The number of carboxylic acids is 1. The highest BCUT2D eigenvalue weighted by Crippen LogP contribution is 2.21. The molecule has 1 heterocycles. The number of rotatable bonds is 5. The normalized spacial score (nSPS) is 19.0. The van der Waals surface area contributed by atoms with Crippen LogP contribution < -0.4 is 5.73 Å². The van der Waals surface area contributed by atoms with Crippen molar-refractivity contribution in [2.75, 3.05) is 13.1 Å². The zero-order valence-corrected chi connectivity index (χ0v) is 11.3. The second-order valence-electron chi connectivity index (χ2n) is 5.60. The minimum atomic E-state index is -0.753. The van der Waals surface area contributed by atoms with E-state index in [4.69, 9.17) is 10.8 Å². The first-order chi connectivity index (χ1) is 8.40. The third kappa shape index (κ3) is 4.64. The van der Waals surface area contributed by atoms with E-state index in [1.165, 1.54) is 0 Å². The molecule has 1 fully saturated rings. The Bertz CT molecular complexity index is 297. The van der Waals surface area contributed by atoms with E-state index in [2.05, 4.69) is 0 Å². The molecule has 1 aliphatic rings. The Balaban J connectivity index is 2.38. The maximum absolute atomic E-state index is 12.0. The maximum atomic E-state index is 12.0. The molecule has 1 atom stereocenters. The first-order valence-electron chi connectivity index (χ1n) is 6.66. The van der Waals surface area contributed by atoms with Crippen molar-refractivity contribution in [1.82, 2.24) is 4.90 Å². The number of likely N-dealkylation sites (tertiary alicyclic amines) is 1. The number of piperidine rings is 1. The van der Waals surface area contributed by atoms with Gasteiger partial charge in [0.25, 0.3) is 0 Å². The van der Waals surface area contributed by atoms with Crippen molar-refractivity contribution in [2.45, 2.75) is 45.6 Å². The topological polar surface area (TPSA) is 83.6 Å². The van der Waals surface area contributed by atoms with Crippen molar-refractivity contribution in [3.63, 3.8) is 0 Å². The van der Waals surface area contributed by atoms with Crippen LogP contribution in [0.15, 0.2) is 0 Å². The van der Waals surface area contributed by atoms with Crippen LogP contribution >= 0.6 is 0 Å². The molecule has 0 bridgehead atoms. The van der Waals surface area contributed by atoms with Crippen LogP contribution in [0, 0.1) is 11.8 Å². The molecule has 0 saturated carbocycles. The summed E-state index contributed by atoms with van der Waals surface area (Å²) in [6.07, 6.45) is 2.45. The maximum Gasteiger partial charge on any atom is 0.303 e. The zero-order chi connectivity index (χ0) is 13.7. The zero-order valence-electron chi connectivity index (χ0n) is 11.3. The molecule has 18 heavy (non-hydrogen) atoms. The molecule has 1 amide bonds. The summed E-state index contributed by atoms with van der Waals surface area (Å²) in [6, 6.07) is -0.416. The van der Waals surface area contributed by atoms with Gasteiger partial charge in [-0.25, -0.2) is 0 Å². The molecule has 5 heteroatoms. The van der Waals surface area contributed by atoms with E-state index in [-0.39, 0.29) is 18.2 Å². The number of carbonyl (C=O) groups excluding carboxylic acids is 1. The van der Waals surface area contributed by atoms with Gasteiger partial charge in [0.1, 0.15) is 0 Å². The van der Waals surface area contributed by atoms with Crippen LogP contribution in [0.4, 0.5) is 0 Å². The predicted molar refractivity (Wildman–Crippen MR) is 69.0 cm³/mol. The van der Waals surface area contributed by atoms with E-state index in [1.54, 1.807) is 4.90 Å². The van der Waals surface area contributed by atoms with Crippen LogP contribution in [0.5, 0.6) is 0 Å². The summed E-state index contributed by atoms with van der Waals surface area (Å²) in [5.74, 6) is -0.130. The lowest BCUT2D eigenvalue weighted by Gasteiger charge is -2.33. The third-order valence-electron chi connectivity index (χ3n) is 3.43. The van der Waals surface area contributed by atoms with Gasteiger partial charge in [-0.15, -0.1) is 0 Å². The number of nitrogens with two attached hydrogens (primary N) is 1. The fourth-order valence-corrected chi connectivity index (χ4v) is 2.45. The summed E-state index contributed by atoms with van der Waals surface area (Å²) in [5, 5.41) is 8.73. The number of aliphatic carboxylic acids is 1. The van der Waals surface area contributed by atoms with E-state index >= 15 is 0 Å². The summed E-state index contributed by atoms with van der Waals surface area (Å²) in [4.78, 5) is 24.4. The molecular weight excluding hydrogens is 232 g/mol. The second-order valence-corrected chi connectivity index (χ2v) is 5.60. The van der Waals surface area contributed by atoms with Gasteiger partial charge in [0.05, 0.1) is 6.04 Å². The first kappa shape index (κ1) is 15.0. The van der Waals surface area contributed by atoms with E-state index in [0.29, 0.717) is 25.4 Å². The Morgan fingerprint density at radius 2 is 1.89 bits per heavy atom. The smallest absolute Gasteiger partial charge is 0.303 e. The monoisotopic (exact) mass is 256 g/mol. The molecule has 0 aliphatic carbocycles. The summed E-state index contributed by atoms with van der Waals surface area (Å²) < 4.78 is 0. The van der Waals surface area contributed by atoms with Crippen molar-refractivity contribution in [3.05, 3.63) is 0 Å². The lowest BCUT2D eigenvalue weighted by atomic mass is 9.93. The summed E-state index contributed by atoms with van der Waals surface area (Å²) in [5.41, 5.74) is 5.88. The number of nitrogens with zero attached hydrogens (tertiary/aromatic N) is 1. The average molecular weight is 256 g/mol. The lowest BCUT2D eigenvalue weighted by Crippen LogP contribution is -2.47. The number of hydrogen-bond donors (Lipinski definition) is 2. The Morgan fingerprint density at radius 3 is 2.33 bits per heavy atom. The largest absolute Gasteiger partial charge is 0.481 e. The second kappa shape index (κ2) is 6.73. The molecule has 3 N–H and O–H groups in total. The van der Waals surface area contributed by atoms with Gasteiger partial charge in [0.2, 0.25) is 5.91 Å². The van der Waals surface area contributed by atoms with Gasteiger partial charge in [-0.05, 0) is 31.1 Å². The van der Waals surface area contributed by atoms with Crippen LogP contribution in [0.1, 0.15) is 39.5 Å². The highest BCUT2D eigenvalue weighted by molar-refractivity contribution is 5.81. The minimum Gasteiger partial charge on any atom is -0.481 e. The van der Waals surface area contributed by atoms with E-state index in [0.717, 1.165) is 12.8 Å². The van der Waals surface area contributed by atoms with Crippen LogP contribution in [-0.2, 0) is 9.59 Å². The van der Waals surface area contributed by atoms with Crippen molar-refractivity contribution < 1.29 is 14.7 Å². The van der Waals surface area contributed by atoms with Gasteiger partial charge in [-0.2, -0.15) is 0 Å². The fraction of sp³-hybridized carbons (Fsp3) is 0.846. The molecule has 1 rings (SSSR count). The summed E-state index contributed by atoms with van der Waals surface area (Å²) in [6.45, 7) is 5.38.